The SMILES string of the molecule is CC[N+]([SiH3])([SiH3])CC. The fourth-order valence-electron chi connectivity index (χ4n) is 0.224. The third kappa shape index (κ3) is 3.02. The molecule has 0 aromatic carbocycles. The highest BCUT2D eigenvalue weighted by atomic mass is 28.2. The summed E-state index contributed by atoms with van der Waals surface area (Å²) in [6.45, 7) is 7.27. The Morgan fingerprint density at radius 2 is 1.43 bits per heavy atom. The minimum Gasteiger partial charge on any atom is -0.459 e. The van der Waals surface area contributed by atoms with Crippen LogP contribution in [-0.4, -0.2) is 37.7 Å². The van der Waals surface area contributed by atoms with Crippen LogP contribution in [-0.2, 0) is 0 Å². The van der Waals surface area contributed by atoms with Crippen molar-refractivity contribution in [3.05, 3.63) is 0 Å². The van der Waals surface area contributed by atoms with Gasteiger partial charge in [-0.15, -0.1) is 0 Å². The first-order valence-corrected chi connectivity index (χ1v) is 4.73. The first-order chi connectivity index (χ1) is 3.12. The van der Waals surface area contributed by atoms with Gasteiger partial charge in [0.2, 0.25) is 20.8 Å². The largest absolute Gasteiger partial charge is 0.459 e. The number of hydrogen-bond donors (Lipinski definition) is 0. The van der Waals surface area contributed by atoms with Gasteiger partial charge in [-0.05, 0) is 13.8 Å². The molecule has 0 aliphatic heterocycles. The van der Waals surface area contributed by atoms with Crippen molar-refractivity contribution in [3.8, 4) is 0 Å². The van der Waals surface area contributed by atoms with Gasteiger partial charge in [-0.25, -0.2) is 0 Å². The standard InChI is InChI=1S/C4H16NSi2/c1-3-5(6,7)4-2/h3-4H2,1-2,6-7H3/q+1. The zero-order valence-corrected chi connectivity index (χ0v) is 9.86. The average Bonchev–Trinajstić information content (AvgIpc) is 1.68. The molecule has 0 aromatic heterocycles. The first kappa shape index (κ1) is 7.39. The van der Waals surface area contributed by atoms with Gasteiger partial charge in [0.1, 0.15) is 0 Å². The molecule has 0 aliphatic rings. The van der Waals surface area contributed by atoms with Crippen LogP contribution < -0.4 is 0 Å². The number of rotatable bonds is 2. The highest BCUT2D eigenvalue weighted by Gasteiger charge is 2.02. The van der Waals surface area contributed by atoms with E-state index in [4.69, 9.17) is 0 Å². The minimum atomic E-state index is 1.35. The van der Waals surface area contributed by atoms with Crippen LogP contribution >= 0.6 is 0 Å². The summed E-state index contributed by atoms with van der Waals surface area (Å²) >= 11 is 0. The van der Waals surface area contributed by atoms with Crippen molar-refractivity contribution in [1.82, 2.24) is 0 Å². The maximum absolute atomic E-state index is 2.28. The van der Waals surface area contributed by atoms with Crippen LogP contribution in [0.2, 0.25) is 0 Å². The summed E-state index contributed by atoms with van der Waals surface area (Å²) in [4.78, 5) is 0. The normalized spacial score (nSPS) is 12.9. The summed E-state index contributed by atoms with van der Waals surface area (Å²) < 4.78 is 1.42. The minimum absolute atomic E-state index is 1.35. The second-order valence-corrected chi connectivity index (χ2v) is 8.68. The van der Waals surface area contributed by atoms with E-state index in [0.29, 0.717) is 0 Å². The van der Waals surface area contributed by atoms with E-state index in [1.165, 1.54) is 37.7 Å². The number of hydrogen-bond acceptors (Lipinski definition) is 0. The molecule has 0 saturated heterocycles. The molecule has 0 aliphatic carbocycles. The van der Waals surface area contributed by atoms with Crippen molar-refractivity contribution in [2.45, 2.75) is 13.8 Å². The Kier molecular flexibility index (Phi) is 2.79. The molecule has 0 unspecified atom stereocenters. The molecule has 0 amide bonds. The van der Waals surface area contributed by atoms with Gasteiger partial charge < -0.3 is 3.81 Å². The van der Waals surface area contributed by atoms with Gasteiger partial charge in [0.15, 0.2) is 0 Å². The van der Waals surface area contributed by atoms with Crippen LogP contribution in [0, 0.1) is 0 Å². The highest BCUT2D eigenvalue weighted by molar-refractivity contribution is 6.14. The van der Waals surface area contributed by atoms with E-state index in [9.17, 15) is 0 Å². The lowest BCUT2D eigenvalue weighted by atomic mass is 10.7. The smallest absolute Gasteiger partial charge is 0.221 e. The zero-order valence-electron chi connectivity index (χ0n) is 5.86. The molecule has 0 aromatic rings. The third-order valence-corrected chi connectivity index (χ3v) is 4.24. The van der Waals surface area contributed by atoms with Crippen LogP contribution in [0.3, 0.4) is 0 Å². The topological polar surface area (TPSA) is 0 Å². The second kappa shape index (κ2) is 2.64. The van der Waals surface area contributed by atoms with Crippen molar-refractivity contribution in [2.75, 3.05) is 13.1 Å². The zero-order chi connectivity index (χ0) is 5.91. The Morgan fingerprint density at radius 3 is 1.43 bits per heavy atom. The molecule has 3 heteroatoms. The number of quaternary nitrogens is 1. The van der Waals surface area contributed by atoms with E-state index in [-0.39, 0.29) is 0 Å². The lowest BCUT2D eigenvalue weighted by molar-refractivity contribution is -0.689. The molecular formula is C4H16NSi2+. The molecule has 0 atom stereocenters. The summed E-state index contributed by atoms with van der Waals surface area (Å²) in [7, 11) is 2.70. The van der Waals surface area contributed by atoms with Crippen LogP contribution in [0.15, 0.2) is 0 Å². The molecule has 0 heterocycles. The highest BCUT2D eigenvalue weighted by Crippen LogP contribution is 1.88. The van der Waals surface area contributed by atoms with E-state index in [2.05, 4.69) is 13.8 Å². The fraction of sp³-hybridized carbons (Fsp3) is 1.00. The maximum atomic E-state index is 2.28. The summed E-state index contributed by atoms with van der Waals surface area (Å²) in [5, 5.41) is 0. The van der Waals surface area contributed by atoms with Crippen molar-refractivity contribution >= 4 is 20.8 Å². The Morgan fingerprint density at radius 1 is 1.14 bits per heavy atom. The van der Waals surface area contributed by atoms with Gasteiger partial charge in [-0.3, -0.25) is 0 Å². The molecule has 0 radical (unpaired) electrons. The Balaban J connectivity index is 3.36. The van der Waals surface area contributed by atoms with Crippen molar-refractivity contribution in [1.29, 1.82) is 0 Å². The molecule has 0 fully saturated rings. The molecule has 0 N–H and O–H groups in total. The fourth-order valence-corrected chi connectivity index (χ4v) is 0.224. The van der Waals surface area contributed by atoms with Crippen LogP contribution in [0.1, 0.15) is 13.8 Å². The maximum Gasteiger partial charge on any atom is 0.221 e. The van der Waals surface area contributed by atoms with Gasteiger partial charge in [0, 0.05) is 13.1 Å². The Hall–Kier alpha value is 0.394. The third-order valence-electron chi connectivity index (χ3n) is 1.71. The summed E-state index contributed by atoms with van der Waals surface area (Å²) in [5.74, 6) is 0. The van der Waals surface area contributed by atoms with Crippen LogP contribution in [0.4, 0.5) is 0 Å². The molecule has 0 spiro atoms. The average molecular weight is 134 g/mol. The molecular weight excluding hydrogens is 118 g/mol. The molecule has 0 rings (SSSR count). The molecule has 0 bridgehead atoms. The molecule has 0 saturated carbocycles. The molecule has 1 nitrogen and oxygen atoms in total. The van der Waals surface area contributed by atoms with E-state index in [0.717, 1.165) is 0 Å². The monoisotopic (exact) mass is 134 g/mol. The molecule has 44 valence electrons. The van der Waals surface area contributed by atoms with Gasteiger partial charge in [0.05, 0.1) is 0 Å². The van der Waals surface area contributed by atoms with E-state index in [1.807, 2.05) is 0 Å². The van der Waals surface area contributed by atoms with Crippen LogP contribution in [0.5, 0.6) is 0 Å². The van der Waals surface area contributed by atoms with E-state index < -0.39 is 0 Å². The Bertz CT molecular complexity index is 47.7. The van der Waals surface area contributed by atoms with E-state index in [1.54, 1.807) is 0 Å². The van der Waals surface area contributed by atoms with Crippen molar-refractivity contribution in [2.24, 2.45) is 0 Å². The van der Waals surface area contributed by atoms with Crippen LogP contribution in [0.25, 0.3) is 0 Å². The van der Waals surface area contributed by atoms with Crippen molar-refractivity contribution in [3.63, 3.8) is 0 Å². The lowest BCUT2D eigenvalue weighted by Crippen LogP contribution is -2.42. The predicted molar refractivity (Wildman–Crippen MR) is 41.2 cm³/mol. The van der Waals surface area contributed by atoms with E-state index >= 15 is 0 Å². The number of nitrogens with zero attached hydrogens (tertiary/aromatic N) is 1. The van der Waals surface area contributed by atoms with Gasteiger partial charge in [-0.2, -0.15) is 0 Å². The molecule has 7 heavy (non-hydrogen) atoms. The summed E-state index contributed by atoms with van der Waals surface area (Å²) in [6.07, 6.45) is 0. The van der Waals surface area contributed by atoms with Crippen molar-refractivity contribution < 1.29 is 3.81 Å². The van der Waals surface area contributed by atoms with Gasteiger partial charge in [0.25, 0.3) is 0 Å². The second-order valence-electron chi connectivity index (χ2n) is 2.57. The Labute approximate surface area is 52.3 Å². The summed E-state index contributed by atoms with van der Waals surface area (Å²) in [5.41, 5.74) is 0. The first-order valence-electron chi connectivity index (χ1n) is 2.94. The van der Waals surface area contributed by atoms with Gasteiger partial charge >= 0.3 is 0 Å². The van der Waals surface area contributed by atoms with Gasteiger partial charge in [-0.1, -0.05) is 0 Å². The summed E-state index contributed by atoms with van der Waals surface area (Å²) in [6, 6.07) is 0. The predicted octanol–water partition coefficient (Wildman–Crippen LogP) is -1.60. The quantitative estimate of drug-likeness (QED) is 0.399. The lowest BCUT2D eigenvalue weighted by Gasteiger charge is -2.30.